The molecule has 3 atom stereocenters. The molecule has 3 fully saturated rings. The van der Waals surface area contributed by atoms with Crippen molar-refractivity contribution >= 4 is 5.91 Å². The first-order valence-corrected chi connectivity index (χ1v) is 8.00. The Balaban J connectivity index is 1.54. The summed E-state index contributed by atoms with van der Waals surface area (Å²) >= 11 is 0. The van der Waals surface area contributed by atoms with Crippen molar-refractivity contribution in [1.29, 1.82) is 0 Å². The average Bonchev–Trinajstić information content (AvgIpc) is 2.41. The predicted molar refractivity (Wildman–Crippen MR) is 76.0 cm³/mol. The van der Waals surface area contributed by atoms with Crippen molar-refractivity contribution in [1.82, 2.24) is 15.5 Å². The Hall–Kier alpha value is -0.610. The number of rotatable bonds is 2. The third-order valence-electron chi connectivity index (χ3n) is 5.31. The largest absolute Gasteiger partial charge is 0.352 e. The molecule has 1 amide bonds. The zero-order chi connectivity index (χ0) is 13.2. The fraction of sp³-hybridized carbons (Fsp3) is 0.933. The lowest BCUT2D eigenvalue weighted by Gasteiger charge is -2.47. The van der Waals surface area contributed by atoms with Crippen molar-refractivity contribution in [3.05, 3.63) is 0 Å². The molecule has 0 aliphatic carbocycles. The highest BCUT2D eigenvalue weighted by Crippen LogP contribution is 2.32. The number of fused-ring (bicyclic) bond motifs is 2. The molecule has 3 aliphatic heterocycles. The third-order valence-corrected chi connectivity index (χ3v) is 5.31. The Morgan fingerprint density at radius 1 is 1.11 bits per heavy atom. The summed E-state index contributed by atoms with van der Waals surface area (Å²) in [6, 6.07) is 1.85. The Kier molecular flexibility index (Phi) is 4.08. The van der Waals surface area contributed by atoms with Crippen LogP contribution in [-0.2, 0) is 4.79 Å². The molecule has 0 aromatic carbocycles. The maximum absolute atomic E-state index is 12.3. The average molecular weight is 265 g/mol. The van der Waals surface area contributed by atoms with Crippen molar-refractivity contribution in [3.8, 4) is 0 Å². The predicted octanol–water partition coefficient (Wildman–Crippen LogP) is 1.26. The number of carbonyl (C=O) groups is 1. The zero-order valence-electron chi connectivity index (χ0n) is 12.0. The van der Waals surface area contributed by atoms with Gasteiger partial charge in [-0.1, -0.05) is 12.8 Å². The van der Waals surface area contributed by atoms with Crippen molar-refractivity contribution in [2.75, 3.05) is 13.6 Å². The third kappa shape index (κ3) is 2.95. The first-order valence-electron chi connectivity index (χ1n) is 8.00. The molecule has 108 valence electrons. The van der Waals surface area contributed by atoms with E-state index < -0.39 is 0 Å². The summed E-state index contributed by atoms with van der Waals surface area (Å²) in [4.78, 5) is 14.8. The summed E-state index contributed by atoms with van der Waals surface area (Å²) < 4.78 is 0. The van der Waals surface area contributed by atoms with Crippen LogP contribution in [0.15, 0.2) is 0 Å². The van der Waals surface area contributed by atoms with Crippen LogP contribution in [0.1, 0.15) is 51.4 Å². The van der Waals surface area contributed by atoms with Gasteiger partial charge in [-0.15, -0.1) is 0 Å². The molecule has 3 heterocycles. The maximum Gasteiger partial charge on any atom is 0.237 e. The van der Waals surface area contributed by atoms with Gasteiger partial charge in [-0.25, -0.2) is 0 Å². The van der Waals surface area contributed by atoms with E-state index in [4.69, 9.17) is 0 Å². The van der Waals surface area contributed by atoms with Crippen molar-refractivity contribution in [3.63, 3.8) is 0 Å². The van der Waals surface area contributed by atoms with Crippen LogP contribution >= 0.6 is 0 Å². The first kappa shape index (κ1) is 13.4. The number of hydrogen-bond acceptors (Lipinski definition) is 3. The van der Waals surface area contributed by atoms with E-state index in [1.54, 1.807) is 0 Å². The smallest absolute Gasteiger partial charge is 0.237 e. The summed E-state index contributed by atoms with van der Waals surface area (Å²) in [5.41, 5.74) is 0. The van der Waals surface area contributed by atoms with E-state index in [1.807, 2.05) is 0 Å². The number of nitrogens with zero attached hydrogens (tertiary/aromatic N) is 1. The van der Waals surface area contributed by atoms with Gasteiger partial charge in [0.15, 0.2) is 0 Å². The van der Waals surface area contributed by atoms with Crippen LogP contribution in [0.2, 0.25) is 0 Å². The fourth-order valence-corrected chi connectivity index (χ4v) is 4.11. The molecule has 4 nitrogen and oxygen atoms in total. The van der Waals surface area contributed by atoms with Crippen LogP contribution in [0, 0.1) is 0 Å². The summed E-state index contributed by atoms with van der Waals surface area (Å²) in [5, 5.41) is 6.65. The lowest BCUT2D eigenvalue weighted by Crippen LogP contribution is -2.57. The molecule has 19 heavy (non-hydrogen) atoms. The second-order valence-electron chi connectivity index (χ2n) is 6.58. The van der Waals surface area contributed by atoms with E-state index in [1.165, 1.54) is 32.1 Å². The monoisotopic (exact) mass is 265 g/mol. The lowest BCUT2D eigenvalue weighted by molar-refractivity contribution is -0.125. The number of amides is 1. The lowest BCUT2D eigenvalue weighted by atomic mass is 9.82. The number of nitrogens with one attached hydrogen (secondary N) is 2. The zero-order valence-corrected chi connectivity index (χ0v) is 12.0. The highest BCUT2D eigenvalue weighted by atomic mass is 16.2. The molecule has 3 rings (SSSR count). The molecule has 0 spiro atoms. The van der Waals surface area contributed by atoms with Gasteiger partial charge in [0.2, 0.25) is 5.91 Å². The molecule has 0 radical (unpaired) electrons. The van der Waals surface area contributed by atoms with Gasteiger partial charge >= 0.3 is 0 Å². The molecule has 0 aromatic rings. The molecule has 0 aromatic heterocycles. The first-order chi connectivity index (χ1) is 9.24. The molecule has 0 saturated carbocycles. The summed E-state index contributed by atoms with van der Waals surface area (Å²) in [5.74, 6) is 0.243. The van der Waals surface area contributed by atoms with E-state index in [0.29, 0.717) is 18.1 Å². The number of hydrogen-bond donors (Lipinski definition) is 2. The van der Waals surface area contributed by atoms with Crippen molar-refractivity contribution in [2.24, 2.45) is 0 Å². The molecular formula is C15H27N3O. The summed E-state index contributed by atoms with van der Waals surface area (Å²) in [6.07, 6.45) is 9.67. The van der Waals surface area contributed by atoms with Crippen LogP contribution in [0.5, 0.6) is 0 Å². The standard InChI is InChI=1S/C15H27N3O/c1-18-12-5-4-6-13(18)10-11(9-12)17-15(19)14-7-2-3-8-16-14/h11-14,16H,2-10H2,1H3,(H,17,19)/t11?,12?,13?,14-/m0/s1. The summed E-state index contributed by atoms with van der Waals surface area (Å²) in [6.45, 7) is 0.997. The van der Waals surface area contributed by atoms with E-state index >= 15 is 0 Å². The molecule has 2 unspecified atom stereocenters. The van der Waals surface area contributed by atoms with Gasteiger partial charge in [0, 0.05) is 18.1 Å². The van der Waals surface area contributed by atoms with Crippen LogP contribution in [0.25, 0.3) is 0 Å². The van der Waals surface area contributed by atoms with Gasteiger partial charge in [-0.05, 0) is 52.1 Å². The maximum atomic E-state index is 12.3. The van der Waals surface area contributed by atoms with Gasteiger partial charge in [0.05, 0.1) is 6.04 Å². The topological polar surface area (TPSA) is 44.4 Å². The fourth-order valence-electron chi connectivity index (χ4n) is 4.11. The highest BCUT2D eigenvalue weighted by Gasteiger charge is 2.37. The molecule has 3 saturated heterocycles. The SMILES string of the molecule is CN1C2CCCC1CC(NC(=O)[C@@H]1CCCCN1)C2. The van der Waals surface area contributed by atoms with Crippen molar-refractivity contribution < 1.29 is 4.79 Å². The van der Waals surface area contributed by atoms with Crippen molar-refractivity contribution in [2.45, 2.75) is 75.5 Å². The normalized spacial score (nSPS) is 39.8. The van der Waals surface area contributed by atoms with Crippen LogP contribution in [0.3, 0.4) is 0 Å². The minimum absolute atomic E-state index is 0.0632. The van der Waals surface area contributed by atoms with Gasteiger partial charge < -0.3 is 15.5 Å². The molecule has 2 bridgehead atoms. The second-order valence-corrected chi connectivity index (χ2v) is 6.58. The van der Waals surface area contributed by atoms with Crippen LogP contribution < -0.4 is 10.6 Å². The molecule has 4 heteroatoms. The van der Waals surface area contributed by atoms with E-state index in [0.717, 1.165) is 25.8 Å². The van der Waals surface area contributed by atoms with E-state index in [9.17, 15) is 4.79 Å². The van der Waals surface area contributed by atoms with E-state index in [2.05, 4.69) is 22.6 Å². The van der Waals surface area contributed by atoms with Crippen LogP contribution in [-0.4, -0.2) is 48.6 Å². The minimum atomic E-state index is 0.0632. The second kappa shape index (κ2) is 5.80. The Bertz CT molecular complexity index is 313. The Morgan fingerprint density at radius 2 is 1.84 bits per heavy atom. The molecular weight excluding hydrogens is 238 g/mol. The quantitative estimate of drug-likeness (QED) is 0.790. The Morgan fingerprint density at radius 3 is 2.47 bits per heavy atom. The Labute approximate surface area is 116 Å². The van der Waals surface area contributed by atoms with Crippen LogP contribution in [0.4, 0.5) is 0 Å². The van der Waals surface area contributed by atoms with Gasteiger partial charge in [0.25, 0.3) is 0 Å². The van der Waals surface area contributed by atoms with Gasteiger partial charge in [-0.2, -0.15) is 0 Å². The number of carbonyl (C=O) groups excluding carboxylic acids is 1. The summed E-state index contributed by atoms with van der Waals surface area (Å²) in [7, 11) is 2.26. The van der Waals surface area contributed by atoms with Gasteiger partial charge in [-0.3, -0.25) is 4.79 Å². The number of piperidine rings is 3. The molecule has 3 aliphatic rings. The minimum Gasteiger partial charge on any atom is -0.352 e. The molecule has 2 N–H and O–H groups in total. The highest BCUT2D eigenvalue weighted by molar-refractivity contribution is 5.82. The van der Waals surface area contributed by atoms with Gasteiger partial charge in [0.1, 0.15) is 0 Å². The van der Waals surface area contributed by atoms with E-state index in [-0.39, 0.29) is 11.9 Å².